The molecule has 0 atom stereocenters. The fourth-order valence-electron chi connectivity index (χ4n) is 5.86. The first-order valence-electron chi connectivity index (χ1n) is 14.4. The molecule has 0 unspecified atom stereocenters. The highest BCUT2D eigenvalue weighted by molar-refractivity contribution is 7.26. The summed E-state index contributed by atoms with van der Waals surface area (Å²) < 4.78 is 8.55. The summed E-state index contributed by atoms with van der Waals surface area (Å²) in [5.74, 6) is 2.49. The third-order valence-electron chi connectivity index (χ3n) is 7.96. The summed E-state index contributed by atoms with van der Waals surface area (Å²) in [4.78, 5) is 20.2. The van der Waals surface area contributed by atoms with Crippen molar-refractivity contribution in [1.82, 2.24) is 19.9 Å². The Hall–Kier alpha value is -5.72. The van der Waals surface area contributed by atoms with Crippen LogP contribution in [0.4, 0.5) is 0 Å². The van der Waals surface area contributed by atoms with E-state index in [-0.39, 0.29) is 0 Å². The first-order chi connectivity index (χ1) is 21.8. The van der Waals surface area contributed by atoms with Gasteiger partial charge in [0.05, 0.1) is 0 Å². The number of hydrogen-bond donors (Lipinski definition) is 0. The largest absolute Gasteiger partial charge is 0.436 e. The van der Waals surface area contributed by atoms with Crippen LogP contribution in [0.25, 0.3) is 87.7 Å². The highest BCUT2D eigenvalue weighted by Crippen LogP contribution is 2.43. The van der Waals surface area contributed by atoms with Gasteiger partial charge in [-0.1, -0.05) is 97.1 Å². The Morgan fingerprint density at radius 1 is 0.455 bits per heavy atom. The SMILES string of the molecule is c1ccc(-c2nc(-c3ccc4ccccc4c3)nc(-c3cccc4sc5ccc6oc(-c7ccccc7)nc6c5c34)n2)cc1. The van der Waals surface area contributed by atoms with Gasteiger partial charge in [0.25, 0.3) is 0 Å². The van der Waals surface area contributed by atoms with Gasteiger partial charge in [-0.05, 0) is 47.2 Å². The van der Waals surface area contributed by atoms with Gasteiger partial charge in [-0.15, -0.1) is 11.3 Å². The molecule has 0 fully saturated rings. The summed E-state index contributed by atoms with van der Waals surface area (Å²) in [6.07, 6.45) is 0. The normalized spacial score (nSPS) is 11.6. The lowest BCUT2D eigenvalue weighted by Gasteiger charge is -2.10. The van der Waals surface area contributed by atoms with Crippen molar-refractivity contribution in [1.29, 1.82) is 0 Å². The van der Waals surface area contributed by atoms with E-state index in [2.05, 4.69) is 66.7 Å². The fraction of sp³-hybridized carbons (Fsp3) is 0. The van der Waals surface area contributed by atoms with Crippen molar-refractivity contribution in [3.8, 4) is 45.6 Å². The van der Waals surface area contributed by atoms with Crippen LogP contribution in [0, 0.1) is 0 Å². The molecular weight excluding hydrogens is 561 g/mol. The molecule has 44 heavy (non-hydrogen) atoms. The van der Waals surface area contributed by atoms with E-state index in [0.717, 1.165) is 58.9 Å². The summed E-state index contributed by atoms with van der Waals surface area (Å²) in [6, 6.07) is 45.2. The molecule has 0 saturated heterocycles. The standard InChI is InChI=1S/C38H22N4OS/c1-3-11-24(12-4-1)35-40-36(27-19-18-23-10-7-8-15-26(23)22-27)42-37(41-35)28-16-9-17-30-32(28)33-31(44-30)21-20-29-34(33)39-38(43-29)25-13-5-2-6-14-25/h1-22H. The van der Waals surface area contributed by atoms with Gasteiger partial charge in [-0.3, -0.25) is 0 Å². The Balaban J connectivity index is 1.31. The van der Waals surface area contributed by atoms with Crippen LogP contribution in [0.2, 0.25) is 0 Å². The maximum atomic E-state index is 6.27. The van der Waals surface area contributed by atoms with Crippen molar-refractivity contribution >= 4 is 53.4 Å². The second kappa shape index (κ2) is 9.93. The Morgan fingerprint density at radius 2 is 1.14 bits per heavy atom. The van der Waals surface area contributed by atoms with E-state index in [1.807, 2.05) is 66.7 Å². The Kier molecular flexibility index (Phi) is 5.61. The van der Waals surface area contributed by atoms with Gasteiger partial charge in [0.1, 0.15) is 5.52 Å². The topological polar surface area (TPSA) is 64.7 Å². The number of benzene rings is 6. The lowest BCUT2D eigenvalue weighted by atomic mass is 10.0. The first kappa shape index (κ1) is 24.8. The summed E-state index contributed by atoms with van der Waals surface area (Å²) in [5.41, 5.74) is 5.36. The van der Waals surface area contributed by atoms with Gasteiger partial charge in [0.2, 0.25) is 5.89 Å². The highest BCUT2D eigenvalue weighted by atomic mass is 32.1. The van der Waals surface area contributed by atoms with E-state index < -0.39 is 0 Å². The maximum Gasteiger partial charge on any atom is 0.227 e. The van der Waals surface area contributed by atoms with E-state index in [4.69, 9.17) is 24.4 Å². The summed E-state index contributed by atoms with van der Waals surface area (Å²) in [7, 11) is 0. The van der Waals surface area contributed by atoms with Crippen LogP contribution >= 0.6 is 11.3 Å². The minimum absolute atomic E-state index is 0.607. The number of oxazole rings is 1. The van der Waals surface area contributed by atoms with Crippen LogP contribution < -0.4 is 0 Å². The highest BCUT2D eigenvalue weighted by Gasteiger charge is 2.20. The molecule has 3 heterocycles. The van der Waals surface area contributed by atoms with Crippen LogP contribution in [0.1, 0.15) is 0 Å². The van der Waals surface area contributed by atoms with E-state index in [9.17, 15) is 0 Å². The zero-order chi connectivity index (χ0) is 29.0. The minimum atomic E-state index is 0.607. The van der Waals surface area contributed by atoms with Crippen molar-refractivity contribution in [2.75, 3.05) is 0 Å². The smallest absolute Gasteiger partial charge is 0.227 e. The molecule has 0 aliphatic carbocycles. The van der Waals surface area contributed by atoms with Crippen LogP contribution in [0.5, 0.6) is 0 Å². The van der Waals surface area contributed by atoms with Crippen molar-refractivity contribution in [3.63, 3.8) is 0 Å². The number of hydrogen-bond acceptors (Lipinski definition) is 6. The lowest BCUT2D eigenvalue weighted by Crippen LogP contribution is -2.00. The van der Waals surface area contributed by atoms with Crippen molar-refractivity contribution in [3.05, 3.63) is 133 Å². The zero-order valence-corrected chi connectivity index (χ0v) is 24.1. The third-order valence-corrected chi connectivity index (χ3v) is 9.08. The molecule has 6 aromatic carbocycles. The number of rotatable bonds is 4. The van der Waals surface area contributed by atoms with Gasteiger partial charge >= 0.3 is 0 Å². The third kappa shape index (κ3) is 4.07. The van der Waals surface area contributed by atoms with Gasteiger partial charge < -0.3 is 4.42 Å². The van der Waals surface area contributed by atoms with E-state index in [1.54, 1.807) is 11.3 Å². The predicted molar refractivity (Wildman–Crippen MR) is 180 cm³/mol. The number of fused-ring (bicyclic) bond motifs is 6. The van der Waals surface area contributed by atoms with Gasteiger partial charge in [0, 0.05) is 42.4 Å². The van der Waals surface area contributed by atoms with Crippen LogP contribution in [0.15, 0.2) is 138 Å². The monoisotopic (exact) mass is 582 g/mol. The molecule has 0 radical (unpaired) electrons. The zero-order valence-electron chi connectivity index (χ0n) is 23.3. The number of thiophene rings is 1. The van der Waals surface area contributed by atoms with Gasteiger partial charge in [-0.25, -0.2) is 19.9 Å². The Labute approximate surface area is 256 Å². The minimum Gasteiger partial charge on any atom is -0.436 e. The molecule has 0 bridgehead atoms. The molecule has 206 valence electrons. The van der Waals surface area contributed by atoms with Gasteiger partial charge in [-0.2, -0.15) is 0 Å². The fourth-order valence-corrected chi connectivity index (χ4v) is 6.99. The summed E-state index contributed by atoms with van der Waals surface area (Å²) in [6.45, 7) is 0. The van der Waals surface area contributed by atoms with E-state index >= 15 is 0 Å². The number of aromatic nitrogens is 4. The molecule has 0 amide bonds. The second-order valence-electron chi connectivity index (χ2n) is 10.7. The Morgan fingerprint density at radius 3 is 1.95 bits per heavy atom. The molecule has 9 aromatic rings. The van der Waals surface area contributed by atoms with Crippen molar-refractivity contribution < 1.29 is 4.42 Å². The van der Waals surface area contributed by atoms with Gasteiger partial charge in [0.15, 0.2) is 23.1 Å². The van der Waals surface area contributed by atoms with Crippen LogP contribution in [-0.4, -0.2) is 19.9 Å². The molecule has 0 aliphatic rings. The molecule has 5 nitrogen and oxygen atoms in total. The molecule has 0 aliphatic heterocycles. The van der Waals surface area contributed by atoms with E-state index in [1.165, 1.54) is 5.39 Å². The Bertz CT molecular complexity index is 2500. The summed E-state index contributed by atoms with van der Waals surface area (Å²) >= 11 is 1.74. The maximum absolute atomic E-state index is 6.27. The average molecular weight is 583 g/mol. The molecule has 6 heteroatoms. The molecule has 0 saturated carbocycles. The molecule has 9 rings (SSSR count). The van der Waals surface area contributed by atoms with Crippen molar-refractivity contribution in [2.24, 2.45) is 0 Å². The van der Waals surface area contributed by atoms with Crippen molar-refractivity contribution in [2.45, 2.75) is 0 Å². The molecular formula is C38H22N4OS. The summed E-state index contributed by atoms with van der Waals surface area (Å²) in [5, 5.41) is 4.44. The molecule has 3 aromatic heterocycles. The first-order valence-corrected chi connectivity index (χ1v) is 15.2. The predicted octanol–water partition coefficient (Wildman–Crippen LogP) is 10.2. The van der Waals surface area contributed by atoms with Crippen LogP contribution in [-0.2, 0) is 0 Å². The second-order valence-corrected chi connectivity index (χ2v) is 11.8. The van der Waals surface area contributed by atoms with Crippen LogP contribution in [0.3, 0.4) is 0 Å². The lowest BCUT2D eigenvalue weighted by molar-refractivity contribution is 0.620. The number of nitrogens with zero attached hydrogens (tertiary/aromatic N) is 4. The quantitative estimate of drug-likeness (QED) is 0.207. The van der Waals surface area contributed by atoms with E-state index in [0.29, 0.717) is 23.4 Å². The molecule has 0 spiro atoms. The average Bonchev–Trinajstić information content (AvgIpc) is 3.70. The molecule has 0 N–H and O–H groups in total.